The van der Waals surface area contributed by atoms with Gasteiger partial charge < -0.3 is 20.1 Å². The molecule has 112 valence electrons. The van der Waals surface area contributed by atoms with E-state index in [9.17, 15) is 9.90 Å². The summed E-state index contributed by atoms with van der Waals surface area (Å²) in [5, 5.41) is 14.2. The summed E-state index contributed by atoms with van der Waals surface area (Å²) in [6.45, 7) is 3.35. The number of nitrogens with one attached hydrogen (secondary N) is 2. The molecule has 1 aliphatic rings. The number of carbonyl (C=O) groups is 1. The van der Waals surface area contributed by atoms with Gasteiger partial charge in [-0.05, 0) is 24.6 Å². The lowest BCUT2D eigenvalue weighted by Crippen LogP contribution is -2.46. The molecule has 1 amide bonds. The van der Waals surface area contributed by atoms with Crippen molar-refractivity contribution in [1.82, 2.24) is 10.3 Å². The van der Waals surface area contributed by atoms with Gasteiger partial charge in [0.15, 0.2) is 0 Å². The number of hydrogen-bond acceptors (Lipinski definition) is 3. The average molecular weight is 288 g/mol. The molecular formula is C16H20N2O3. The number of H-pyrrole nitrogens is 1. The second-order valence-electron chi connectivity index (χ2n) is 5.79. The molecule has 2 heterocycles. The Kier molecular flexibility index (Phi) is 3.69. The quantitative estimate of drug-likeness (QED) is 0.805. The molecule has 0 radical (unpaired) electrons. The minimum atomic E-state index is -0.851. The van der Waals surface area contributed by atoms with Crippen LogP contribution < -0.4 is 5.32 Å². The first-order valence-electron chi connectivity index (χ1n) is 7.23. The first-order valence-corrected chi connectivity index (χ1v) is 7.23. The third-order valence-corrected chi connectivity index (χ3v) is 4.02. The van der Waals surface area contributed by atoms with Crippen LogP contribution >= 0.6 is 0 Å². The number of aryl methyl sites for hydroxylation is 1. The molecule has 0 atom stereocenters. The van der Waals surface area contributed by atoms with Crippen molar-refractivity contribution in [2.24, 2.45) is 0 Å². The summed E-state index contributed by atoms with van der Waals surface area (Å²) in [6.07, 6.45) is 1.11. The smallest absolute Gasteiger partial charge is 0.267 e. The number of aromatic nitrogens is 1. The number of aliphatic hydroxyl groups is 1. The highest BCUT2D eigenvalue weighted by atomic mass is 16.5. The molecule has 5 heteroatoms. The molecule has 0 spiro atoms. The third-order valence-electron chi connectivity index (χ3n) is 4.02. The van der Waals surface area contributed by atoms with Crippen molar-refractivity contribution >= 4 is 16.8 Å². The largest absolute Gasteiger partial charge is 0.388 e. The Balaban J connectivity index is 1.69. The summed E-state index contributed by atoms with van der Waals surface area (Å²) >= 11 is 0. The lowest BCUT2D eigenvalue weighted by Gasteiger charge is -2.31. The maximum atomic E-state index is 12.2. The summed E-state index contributed by atoms with van der Waals surface area (Å²) in [5.41, 5.74) is 1.76. The molecule has 21 heavy (non-hydrogen) atoms. The number of fused-ring (bicyclic) bond motifs is 1. The van der Waals surface area contributed by atoms with Gasteiger partial charge in [-0.3, -0.25) is 4.79 Å². The zero-order valence-electron chi connectivity index (χ0n) is 12.1. The SMILES string of the molecule is Cc1ccc2cc(C(=O)NCC3(O)CCOCC3)[nH]c2c1. The van der Waals surface area contributed by atoms with Crippen LogP contribution in [-0.4, -0.2) is 41.4 Å². The van der Waals surface area contributed by atoms with Gasteiger partial charge in [0, 0.05) is 43.5 Å². The summed E-state index contributed by atoms with van der Waals surface area (Å²) in [5.74, 6) is -0.191. The zero-order valence-corrected chi connectivity index (χ0v) is 12.1. The number of aromatic amines is 1. The van der Waals surface area contributed by atoms with Crippen LogP contribution in [0.1, 0.15) is 28.9 Å². The molecule has 1 aromatic heterocycles. The van der Waals surface area contributed by atoms with E-state index in [1.54, 1.807) is 0 Å². The van der Waals surface area contributed by atoms with Crippen LogP contribution in [0.5, 0.6) is 0 Å². The van der Waals surface area contributed by atoms with Crippen molar-refractivity contribution in [3.63, 3.8) is 0 Å². The molecule has 1 aromatic carbocycles. The van der Waals surface area contributed by atoms with Crippen molar-refractivity contribution in [1.29, 1.82) is 0 Å². The Bertz CT molecular complexity index is 657. The van der Waals surface area contributed by atoms with Crippen LogP contribution in [0.25, 0.3) is 10.9 Å². The Labute approximate surface area is 123 Å². The number of ether oxygens (including phenoxy) is 1. The summed E-state index contributed by atoms with van der Waals surface area (Å²) in [7, 11) is 0. The number of hydrogen-bond donors (Lipinski definition) is 3. The van der Waals surface area contributed by atoms with Crippen molar-refractivity contribution < 1.29 is 14.6 Å². The lowest BCUT2D eigenvalue weighted by atomic mass is 9.94. The topological polar surface area (TPSA) is 74.3 Å². The predicted octanol–water partition coefficient (Wildman–Crippen LogP) is 1.75. The molecule has 0 unspecified atom stereocenters. The minimum absolute atomic E-state index is 0.191. The van der Waals surface area contributed by atoms with Crippen LogP contribution in [0.3, 0.4) is 0 Å². The Morgan fingerprint density at radius 2 is 2.14 bits per heavy atom. The number of amides is 1. The fraction of sp³-hybridized carbons (Fsp3) is 0.438. The Morgan fingerprint density at radius 3 is 2.90 bits per heavy atom. The maximum Gasteiger partial charge on any atom is 0.267 e. The van der Waals surface area contributed by atoms with Gasteiger partial charge in [-0.2, -0.15) is 0 Å². The Hall–Kier alpha value is -1.85. The highest BCUT2D eigenvalue weighted by Gasteiger charge is 2.30. The fourth-order valence-electron chi connectivity index (χ4n) is 2.63. The lowest BCUT2D eigenvalue weighted by molar-refractivity contribution is -0.0605. The molecule has 1 aliphatic heterocycles. The molecule has 1 fully saturated rings. The van der Waals surface area contributed by atoms with Gasteiger partial charge in [-0.1, -0.05) is 12.1 Å². The molecule has 3 N–H and O–H groups in total. The Morgan fingerprint density at radius 1 is 1.38 bits per heavy atom. The van der Waals surface area contributed by atoms with Gasteiger partial charge in [0.2, 0.25) is 0 Å². The van der Waals surface area contributed by atoms with Gasteiger partial charge in [0.1, 0.15) is 5.69 Å². The van der Waals surface area contributed by atoms with Crippen LogP contribution in [0.15, 0.2) is 24.3 Å². The highest BCUT2D eigenvalue weighted by Crippen LogP contribution is 2.20. The van der Waals surface area contributed by atoms with E-state index in [4.69, 9.17) is 4.74 Å². The van der Waals surface area contributed by atoms with Gasteiger partial charge in [-0.25, -0.2) is 0 Å². The normalized spacial score (nSPS) is 17.8. The van der Waals surface area contributed by atoms with Crippen LogP contribution in [-0.2, 0) is 4.74 Å². The number of carbonyl (C=O) groups excluding carboxylic acids is 1. The van der Waals surface area contributed by atoms with Crippen LogP contribution in [0.4, 0.5) is 0 Å². The van der Waals surface area contributed by atoms with Gasteiger partial charge in [0.25, 0.3) is 5.91 Å². The molecule has 2 aromatic rings. The fourth-order valence-corrected chi connectivity index (χ4v) is 2.63. The number of benzene rings is 1. The maximum absolute atomic E-state index is 12.2. The number of rotatable bonds is 3. The second kappa shape index (κ2) is 5.50. The van der Waals surface area contributed by atoms with Crippen molar-refractivity contribution in [2.45, 2.75) is 25.4 Å². The average Bonchev–Trinajstić information content (AvgIpc) is 2.88. The van der Waals surface area contributed by atoms with Crippen molar-refractivity contribution in [3.05, 3.63) is 35.5 Å². The third kappa shape index (κ3) is 3.09. The molecule has 0 aliphatic carbocycles. The molecule has 3 rings (SSSR count). The zero-order chi connectivity index (χ0) is 14.9. The highest BCUT2D eigenvalue weighted by molar-refractivity contribution is 5.98. The van der Waals surface area contributed by atoms with E-state index in [2.05, 4.69) is 10.3 Å². The van der Waals surface area contributed by atoms with Gasteiger partial charge >= 0.3 is 0 Å². The van der Waals surface area contributed by atoms with Crippen molar-refractivity contribution in [3.8, 4) is 0 Å². The van der Waals surface area contributed by atoms with E-state index in [1.165, 1.54) is 0 Å². The van der Waals surface area contributed by atoms with E-state index in [-0.39, 0.29) is 12.5 Å². The van der Waals surface area contributed by atoms with Crippen LogP contribution in [0, 0.1) is 6.92 Å². The van der Waals surface area contributed by atoms with Gasteiger partial charge in [-0.15, -0.1) is 0 Å². The first kappa shape index (κ1) is 14.1. The molecule has 0 saturated carbocycles. The minimum Gasteiger partial charge on any atom is -0.388 e. The van der Waals surface area contributed by atoms with Crippen LogP contribution in [0.2, 0.25) is 0 Å². The van der Waals surface area contributed by atoms with E-state index in [1.807, 2.05) is 31.2 Å². The van der Waals surface area contributed by atoms with E-state index < -0.39 is 5.60 Å². The molecule has 5 nitrogen and oxygen atoms in total. The summed E-state index contributed by atoms with van der Waals surface area (Å²) in [4.78, 5) is 15.3. The van der Waals surface area contributed by atoms with E-state index in [0.717, 1.165) is 16.5 Å². The predicted molar refractivity (Wildman–Crippen MR) is 80.4 cm³/mol. The summed E-state index contributed by atoms with van der Waals surface area (Å²) in [6, 6.07) is 7.85. The standard InChI is InChI=1S/C16H20N2O3/c1-11-2-3-12-9-14(18-13(12)8-11)15(19)17-10-16(20)4-6-21-7-5-16/h2-3,8-9,18,20H,4-7,10H2,1H3,(H,17,19). The second-order valence-corrected chi connectivity index (χ2v) is 5.79. The molecule has 0 bridgehead atoms. The summed E-state index contributed by atoms with van der Waals surface area (Å²) < 4.78 is 5.23. The van der Waals surface area contributed by atoms with Crippen molar-refractivity contribution in [2.75, 3.05) is 19.8 Å². The van der Waals surface area contributed by atoms with E-state index in [0.29, 0.717) is 31.7 Å². The van der Waals surface area contributed by atoms with E-state index >= 15 is 0 Å². The van der Waals surface area contributed by atoms with Gasteiger partial charge in [0.05, 0.1) is 5.60 Å². The first-order chi connectivity index (χ1) is 10.1. The monoisotopic (exact) mass is 288 g/mol. The molecule has 1 saturated heterocycles. The molecular weight excluding hydrogens is 268 g/mol.